The lowest BCUT2D eigenvalue weighted by Crippen LogP contribution is -1.99. The second kappa shape index (κ2) is 4.52. The van der Waals surface area contributed by atoms with Crippen molar-refractivity contribution in [3.05, 3.63) is 29.5 Å². The molecular formula is C10H12N4OS. The van der Waals surface area contributed by atoms with E-state index in [2.05, 4.69) is 15.0 Å². The van der Waals surface area contributed by atoms with Gasteiger partial charge in [-0.1, -0.05) is 11.8 Å². The van der Waals surface area contributed by atoms with E-state index in [0.717, 1.165) is 11.4 Å². The first-order valence-corrected chi connectivity index (χ1v) is 5.77. The van der Waals surface area contributed by atoms with Crippen molar-refractivity contribution in [1.82, 2.24) is 15.0 Å². The average molecular weight is 236 g/mol. The number of aryl methyl sites for hydroxylation is 2. The zero-order chi connectivity index (χ0) is 11.5. The minimum absolute atomic E-state index is 0.492. The molecular weight excluding hydrogens is 224 g/mol. The maximum atomic E-state index is 5.63. The van der Waals surface area contributed by atoms with E-state index in [0.29, 0.717) is 22.6 Å². The molecule has 2 aromatic rings. The molecule has 0 aliphatic carbocycles. The summed E-state index contributed by atoms with van der Waals surface area (Å²) in [4.78, 5) is 12.6. The Morgan fingerprint density at radius 3 is 2.69 bits per heavy atom. The Hall–Kier alpha value is -1.56. The van der Waals surface area contributed by atoms with E-state index in [4.69, 9.17) is 10.2 Å². The van der Waals surface area contributed by atoms with Gasteiger partial charge in [0.25, 0.3) is 5.22 Å². The molecule has 0 unspecified atom stereocenters. The standard InChI is InChI=1S/C10H12N4OS/c1-6-3-8(11)14-9(12-6)5-16-10-13-7(2)4-15-10/h3-4H,5H2,1-2H3,(H2,11,12,14). The molecule has 16 heavy (non-hydrogen) atoms. The van der Waals surface area contributed by atoms with Crippen LogP contribution < -0.4 is 5.73 Å². The van der Waals surface area contributed by atoms with Crippen molar-refractivity contribution in [3.63, 3.8) is 0 Å². The van der Waals surface area contributed by atoms with E-state index in [9.17, 15) is 0 Å². The molecule has 0 fully saturated rings. The number of nitrogens with two attached hydrogens (primary N) is 1. The van der Waals surface area contributed by atoms with Crippen LogP contribution in [0.3, 0.4) is 0 Å². The summed E-state index contributed by atoms with van der Waals surface area (Å²) in [6.45, 7) is 3.77. The highest BCUT2D eigenvalue weighted by molar-refractivity contribution is 7.98. The molecule has 2 N–H and O–H groups in total. The molecule has 6 heteroatoms. The Morgan fingerprint density at radius 2 is 2.06 bits per heavy atom. The summed E-state index contributed by atoms with van der Waals surface area (Å²) < 4.78 is 5.21. The minimum Gasteiger partial charge on any atom is -0.440 e. The summed E-state index contributed by atoms with van der Waals surface area (Å²) in [5.41, 5.74) is 7.37. The van der Waals surface area contributed by atoms with Gasteiger partial charge in [-0.2, -0.15) is 0 Å². The van der Waals surface area contributed by atoms with E-state index in [1.807, 2.05) is 13.8 Å². The van der Waals surface area contributed by atoms with Crippen molar-refractivity contribution >= 4 is 17.6 Å². The number of oxazole rings is 1. The lowest BCUT2D eigenvalue weighted by molar-refractivity contribution is 0.454. The molecule has 0 saturated carbocycles. The molecule has 0 spiro atoms. The molecule has 2 heterocycles. The summed E-state index contributed by atoms with van der Waals surface area (Å²) in [5, 5.41) is 0.626. The molecule has 2 rings (SSSR count). The van der Waals surface area contributed by atoms with Gasteiger partial charge < -0.3 is 10.2 Å². The molecule has 2 aromatic heterocycles. The predicted molar refractivity (Wildman–Crippen MR) is 62.0 cm³/mol. The first-order chi connectivity index (χ1) is 7.63. The van der Waals surface area contributed by atoms with E-state index < -0.39 is 0 Å². The third-order valence-electron chi connectivity index (χ3n) is 1.84. The summed E-state index contributed by atoms with van der Waals surface area (Å²) in [6, 6.07) is 1.74. The number of rotatable bonds is 3. The Bertz CT molecular complexity index is 477. The summed E-state index contributed by atoms with van der Waals surface area (Å²) in [5.74, 6) is 1.79. The van der Waals surface area contributed by atoms with E-state index in [1.54, 1.807) is 12.3 Å². The highest BCUT2D eigenvalue weighted by atomic mass is 32.2. The van der Waals surface area contributed by atoms with Crippen molar-refractivity contribution in [2.75, 3.05) is 5.73 Å². The second-order valence-electron chi connectivity index (χ2n) is 3.39. The van der Waals surface area contributed by atoms with E-state index in [-0.39, 0.29) is 0 Å². The van der Waals surface area contributed by atoms with Crippen LogP contribution in [-0.2, 0) is 5.75 Å². The van der Waals surface area contributed by atoms with Crippen LogP contribution in [0.2, 0.25) is 0 Å². The molecule has 84 valence electrons. The number of nitrogens with zero attached hydrogens (tertiary/aromatic N) is 3. The number of aromatic nitrogens is 3. The monoisotopic (exact) mass is 236 g/mol. The van der Waals surface area contributed by atoms with Crippen LogP contribution in [0.5, 0.6) is 0 Å². The molecule has 5 nitrogen and oxygen atoms in total. The SMILES string of the molecule is Cc1cc(N)nc(CSc2nc(C)co2)n1. The molecule has 0 aromatic carbocycles. The average Bonchev–Trinajstić information content (AvgIpc) is 2.60. The molecule has 0 bridgehead atoms. The number of thioether (sulfide) groups is 1. The molecule has 0 aliphatic rings. The highest BCUT2D eigenvalue weighted by Gasteiger charge is 2.05. The second-order valence-corrected chi connectivity index (χ2v) is 4.32. The van der Waals surface area contributed by atoms with Gasteiger partial charge in [0.2, 0.25) is 0 Å². The molecule has 0 atom stereocenters. The Balaban J connectivity index is 2.04. The van der Waals surface area contributed by atoms with Crippen LogP contribution >= 0.6 is 11.8 Å². The van der Waals surface area contributed by atoms with Gasteiger partial charge in [-0.25, -0.2) is 15.0 Å². The van der Waals surface area contributed by atoms with Gasteiger partial charge in [-0.3, -0.25) is 0 Å². The van der Waals surface area contributed by atoms with Crippen molar-refractivity contribution in [1.29, 1.82) is 0 Å². The van der Waals surface area contributed by atoms with Crippen molar-refractivity contribution in [2.24, 2.45) is 0 Å². The van der Waals surface area contributed by atoms with E-state index >= 15 is 0 Å². The largest absolute Gasteiger partial charge is 0.440 e. The number of hydrogen-bond donors (Lipinski definition) is 1. The van der Waals surface area contributed by atoms with Gasteiger partial charge in [0.05, 0.1) is 11.4 Å². The van der Waals surface area contributed by atoms with Crippen LogP contribution in [0, 0.1) is 13.8 Å². The number of anilines is 1. The van der Waals surface area contributed by atoms with Crippen molar-refractivity contribution in [3.8, 4) is 0 Å². The fraction of sp³-hybridized carbons (Fsp3) is 0.300. The van der Waals surface area contributed by atoms with Crippen LogP contribution in [0.1, 0.15) is 17.2 Å². The Labute approximate surface area is 97.5 Å². The van der Waals surface area contributed by atoms with Gasteiger partial charge in [0, 0.05) is 11.8 Å². The number of nitrogen functional groups attached to an aromatic ring is 1. The third kappa shape index (κ3) is 2.73. The normalized spacial score (nSPS) is 10.6. The fourth-order valence-electron chi connectivity index (χ4n) is 1.25. The summed E-state index contributed by atoms with van der Waals surface area (Å²) >= 11 is 1.45. The first-order valence-electron chi connectivity index (χ1n) is 4.78. The lowest BCUT2D eigenvalue weighted by atomic mass is 10.4. The lowest BCUT2D eigenvalue weighted by Gasteiger charge is -2.00. The maximum absolute atomic E-state index is 5.63. The van der Waals surface area contributed by atoms with Gasteiger partial charge in [0.15, 0.2) is 0 Å². The minimum atomic E-state index is 0.492. The fourth-order valence-corrected chi connectivity index (χ4v) is 1.95. The number of hydrogen-bond acceptors (Lipinski definition) is 6. The zero-order valence-corrected chi connectivity index (χ0v) is 9.91. The van der Waals surface area contributed by atoms with Gasteiger partial charge in [-0.15, -0.1) is 0 Å². The van der Waals surface area contributed by atoms with Gasteiger partial charge in [-0.05, 0) is 13.8 Å². The first kappa shape index (κ1) is 10.9. The Kier molecular flexibility index (Phi) is 3.09. The van der Waals surface area contributed by atoms with Crippen LogP contribution in [-0.4, -0.2) is 15.0 Å². The van der Waals surface area contributed by atoms with E-state index in [1.165, 1.54) is 11.8 Å². The van der Waals surface area contributed by atoms with Crippen LogP contribution in [0.25, 0.3) is 0 Å². The van der Waals surface area contributed by atoms with Crippen LogP contribution in [0.4, 0.5) is 5.82 Å². The molecule has 0 amide bonds. The Morgan fingerprint density at radius 1 is 1.25 bits per heavy atom. The smallest absolute Gasteiger partial charge is 0.256 e. The third-order valence-corrected chi connectivity index (χ3v) is 2.68. The topological polar surface area (TPSA) is 77.8 Å². The maximum Gasteiger partial charge on any atom is 0.256 e. The quantitative estimate of drug-likeness (QED) is 0.821. The van der Waals surface area contributed by atoms with Crippen LogP contribution in [0.15, 0.2) is 22.0 Å². The van der Waals surface area contributed by atoms with Crippen molar-refractivity contribution < 1.29 is 4.42 Å². The predicted octanol–water partition coefficient (Wildman–Crippen LogP) is 1.96. The molecule has 0 aliphatic heterocycles. The van der Waals surface area contributed by atoms with Gasteiger partial charge >= 0.3 is 0 Å². The molecule has 0 saturated heterocycles. The van der Waals surface area contributed by atoms with Gasteiger partial charge in [0.1, 0.15) is 17.9 Å². The summed E-state index contributed by atoms with van der Waals surface area (Å²) in [7, 11) is 0. The highest BCUT2D eigenvalue weighted by Crippen LogP contribution is 2.20. The molecule has 0 radical (unpaired) electrons. The van der Waals surface area contributed by atoms with Crippen molar-refractivity contribution in [2.45, 2.75) is 24.8 Å². The summed E-state index contributed by atoms with van der Waals surface area (Å²) in [6.07, 6.45) is 1.62. The zero-order valence-electron chi connectivity index (χ0n) is 9.10.